The molecule has 0 saturated carbocycles. The first-order chi connectivity index (χ1) is 9.09. The van der Waals surface area contributed by atoms with E-state index in [2.05, 4.69) is 19.8 Å². The van der Waals surface area contributed by atoms with Crippen molar-refractivity contribution in [3.63, 3.8) is 0 Å². The van der Waals surface area contributed by atoms with Crippen LogP contribution in [0.5, 0.6) is 0 Å². The summed E-state index contributed by atoms with van der Waals surface area (Å²) in [7, 11) is 0. The summed E-state index contributed by atoms with van der Waals surface area (Å²) in [5, 5.41) is 18.3. The molecule has 2 aromatic rings. The molecule has 0 amide bonds. The van der Waals surface area contributed by atoms with Crippen LogP contribution in [-0.4, -0.2) is 33.9 Å². The number of fused-ring (bicyclic) bond motifs is 1. The molecular formula is C11H13N5O3. The van der Waals surface area contributed by atoms with E-state index in [1.807, 2.05) is 6.92 Å². The number of nitrogens with zero attached hydrogens (tertiary/aromatic N) is 4. The van der Waals surface area contributed by atoms with E-state index in [9.17, 15) is 10.1 Å². The molecule has 2 N–H and O–H groups in total. The van der Waals surface area contributed by atoms with Gasteiger partial charge in [0.25, 0.3) is 0 Å². The Hall–Kier alpha value is -2.22. The third-order valence-electron chi connectivity index (χ3n) is 3.69. The zero-order chi connectivity index (χ0) is 13.6. The Kier molecular flexibility index (Phi) is 2.59. The zero-order valence-corrected chi connectivity index (χ0v) is 10.3. The smallest absolute Gasteiger partial charge is 0.300 e. The molecule has 0 spiro atoms. The monoisotopic (exact) mass is 263 g/mol. The van der Waals surface area contributed by atoms with Gasteiger partial charge in [-0.2, -0.15) is 0 Å². The van der Waals surface area contributed by atoms with Gasteiger partial charge in [-0.1, -0.05) is 0 Å². The van der Waals surface area contributed by atoms with Gasteiger partial charge in [-0.25, -0.2) is 4.63 Å². The van der Waals surface area contributed by atoms with E-state index < -0.39 is 4.92 Å². The topological polar surface area (TPSA) is 111 Å². The molecule has 1 aromatic heterocycles. The predicted octanol–water partition coefficient (Wildman–Crippen LogP) is 1.06. The number of nitro benzene ring substituents is 1. The summed E-state index contributed by atoms with van der Waals surface area (Å²) >= 11 is 0. The van der Waals surface area contributed by atoms with E-state index in [0.29, 0.717) is 5.52 Å². The summed E-state index contributed by atoms with van der Waals surface area (Å²) in [6.45, 7) is 2.82. The van der Waals surface area contributed by atoms with E-state index in [1.54, 1.807) is 6.07 Å². The first-order valence-electron chi connectivity index (χ1n) is 6.01. The van der Waals surface area contributed by atoms with Gasteiger partial charge in [0.2, 0.25) is 5.52 Å². The number of anilines is 1. The summed E-state index contributed by atoms with van der Waals surface area (Å²) < 4.78 is 4.66. The second-order valence-electron chi connectivity index (χ2n) is 4.71. The van der Waals surface area contributed by atoms with Gasteiger partial charge in [-0.15, -0.1) is 0 Å². The highest BCUT2D eigenvalue weighted by atomic mass is 16.6. The number of rotatable bonds is 2. The molecule has 2 atom stereocenters. The number of hydrogen-bond acceptors (Lipinski definition) is 7. The van der Waals surface area contributed by atoms with Crippen LogP contribution in [0.25, 0.3) is 11.0 Å². The summed E-state index contributed by atoms with van der Waals surface area (Å²) in [4.78, 5) is 12.5. The van der Waals surface area contributed by atoms with Crippen molar-refractivity contribution < 1.29 is 9.55 Å². The van der Waals surface area contributed by atoms with E-state index in [4.69, 9.17) is 5.73 Å². The molecule has 0 radical (unpaired) electrons. The van der Waals surface area contributed by atoms with Crippen molar-refractivity contribution in [2.45, 2.75) is 25.4 Å². The van der Waals surface area contributed by atoms with Crippen molar-refractivity contribution in [3.8, 4) is 0 Å². The van der Waals surface area contributed by atoms with Gasteiger partial charge in [0.15, 0.2) is 5.52 Å². The zero-order valence-electron chi connectivity index (χ0n) is 10.3. The van der Waals surface area contributed by atoms with Crippen molar-refractivity contribution in [1.29, 1.82) is 0 Å². The minimum absolute atomic E-state index is 0.0881. The van der Waals surface area contributed by atoms with Crippen LogP contribution < -0.4 is 10.6 Å². The maximum atomic E-state index is 10.9. The summed E-state index contributed by atoms with van der Waals surface area (Å²) in [5.41, 5.74) is 7.26. The van der Waals surface area contributed by atoms with Crippen molar-refractivity contribution in [2.24, 2.45) is 5.73 Å². The quantitative estimate of drug-likeness (QED) is 0.636. The average Bonchev–Trinajstić information content (AvgIpc) is 2.97. The highest BCUT2D eigenvalue weighted by molar-refractivity contribution is 5.94. The molecule has 8 nitrogen and oxygen atoms in total. The lowest BCUT2D eigenvalue weighted by Crippen LogP contribution is -2.36. The Bertz CT molecular complexity index is 640. The van der Waals surface area contributed by atoms with E-state index >= 15 is 0 Å². The molecule has 1 saturated heterocycles. The normalized spacial score (nSPS) is 23.2. The van der Waals surface area contributed by atoms with Gasteiger partial charge < -0.3 is 10.6 Å². The third-order valence-corrected chi connectivity index (χ3v) is 3.69. The van der Waals surface area contributed by atoms with Crippen LogP contribution in [0.15, 0.2) is 16.8 Å². The van der Waals surface area contributed by atoms with Crippen LogP contribution in [0.1, 0.15) is 13.3 Å². The molecule has 2 unspecified atom stereocenters. The molecule has 1 fully saturated rings. The fraction of sp³-hybridized carbons (Fsp3) is 0.455. The maximum absolute atomic E-state index is 10.9. The number of aromatic nitrogens is 2. The van der Waals surface area contributed by atoms with Crippen LogP contribution >= 0.6 is 0 Å². The SMILES string of the molecule is CC1C(N)CCN1c1ccc([N+](=O)[O-])c2nonc12. The second-order valence-corrected chi connectivity index (χ2v) is 4.71. The fourth-order valence-corrected chi connectivity index (χ4v) is 2.52. The van der Waals surface area contributed by atoms with Gasteiger partial charge in [-0.3, -0.25) is 10.1 Å². The number of nitrogens with two attached hydrogens (primary N) is 1. The lowest BCUT2D eigenvalue weighted by molar-refractivity contribution is -0.383. The van der Waals surface area contributed by atoms with Gasteiger partial charge in [0.05, 0.1) is 10.6 Å². The van der Waals surface area contributed by atoms with Crippen LogP contribution in [0.4, 0.5) is 11.4 Å². The van der Waals surface area contributed by atoms with Crippen LogP contribution in [0, 0.1) is 10.1 Å². The van der Waals surface area contributed by atoms with Crippen LogP contribution in [0.2, 0.25) is 0 Å². The predicted molar refractivity (Wildman–Crippen MR) is 67.9 cm³/mol. The van der Waals surface area contributed by atoms with Gasteiger partial charge >= 0.3 is 5.69 Å². The Morgan fingerprint density at radius 2 is 2.21 bits per heavy atom. The molecule has 3 rings (SSSR count). The first kappa shape index (κ1) is 11.8. The minimum Gasteiger partial charge on any atom is -0.365 e. The lowest BCUT2D eigenvalue weighted by atomic mass is 10.1. The molecule has 1 aromatic carbocycles. The largest absolute Gasteiger partial charge is 0.365 e. The van der Waals surface area contributed by atoms with Crippen LogP contribution in [0.3, 0.4) is 0 Å². The molecule has 8 heteroatoms. The molecule has 0 bridgehead atoms. The molecule has 1 aliphatic heterocycles. The Morgan fingerprint density at radius 3 is 2.84 bits per heavy atom. The Labute approximate surface area is 108 Å². The Morgan fingerprint density at radius 1 is 1.47 bits per heavy atom. The highest BCUT2D eigenvalue weighted by Crippen LogP contribution is 2.34. The third kappa shape index (κ3) is 1.72. The summed E-state index contributed by atoms with van der Waals surface area (Å²) in [6, 6.07) is 3.35. The Balaban J connectivity index is 2.13. The van der Waals surface area contributed by atoms with Crippen molar-refractivity contribution >= 4 is 22.4 Å². The molecule has 0 aliphatic carbocycles. The average molecular weight is 263 g/mol. The highest BCUT2D eigenvalue weighted by Gasteiger charge is 2.31. The summed E-state index contributed by atoms with van der Waals surface area (Å²) in [6.07, 6.45) is 0.880. The van der Waals surface area contributed by atoms with E-state index in [0.717, 1.165) is 18.7 Å². The van der Waals surface area contributed by atoms with E-state index in [1.165, 1.54) is 6.07 Å². The fourth-order valence-electron chi connectivity index (χ4n) is 2.52. The first-order valence-corrected chi connectivity index (χ1v) is 6.01. The number of non-ortho nitro benzene ring substituents is 1. The van der Waals surface area contributed by atoms with Gasteiger partial charge in [0.1, 0.15) is 0 Å². The standard InChI is InChI=1S/C11H13N5O3/c1-6-7(12)4-5-15(6)8-2-3-9(16(17)18)11-10(8)13-19-14-11/h2-3,6-7H,4-5,12H2,1H3. The number of nitro groups is 1. The van der Waals surface area contributed by atoms with Crippen molar-refractivity contribution in [1.82, 2.24) is 10.3 Å². The van der Waals surface area contributed by atoms with Gasteiger partial charge in [0, 0.05) is 24.7 Å². The van der Waals surface area contributed by atoms with Crippen LogP contribution in [-0.2, 0) is 0 Å². The van der Waals surface area contributed by atoms with Gasteiger partial charge in [-0.05, 0) is 29.7 Å². The minimum atomic E-state index is -0.491. The van der Waals surface area contributed by atoms with Crippen molar-refractivity contribution in [3.05, 3.63) is 22.2 Å². The van der Waals surface area contributed by atoms with Crippen molar-refractivity contribution in [2.75, 3.05) is 11.4 Å². The molecule has 100 valence electrons. The summed E-state index contributed by atoms with van der Waals surface area (Å²) in [5.74, 6) is 0. The second kappa shape index (κ2) is 4.16. The number of benzene rings is 1. The maximum Gasteiger partial charge on any atom is 0.300 e. The molecule has 19 heavy (non-hydrogen) atoms. The number of hydrogen-bond donors (Lipinski definition) is 1. The lowest BCUT2D eigenvalue weighted by Gasteiger charge is -2.25. The molecule has 1 aliphatic rings. The van der Waals surface area contributed by atoms with E-state index in [-0.39, 0.29) is 23.3 Å². The molecule has 2 heterocycles. The molecular weight excluding hydrogens is 250 g/mol.